The van der Waals surface area contributed by atoms with Crippen LogP contribution < -0.4 is 9.47 Å². The van der Waals surface area contributed by atoms with E-state index in [0.29, 0.717) is 70.2 Å². The number of halogens is 4. The van der Waals surface area contributed by atoms with Gasteiger partial charge in [0.1, 0.15) is 56.0 Å². The summed E-state index contributed by atoms with van der Waals surface area (Å²) >= 11 is 27.3. The molecule has 302 valence electrons. The number of rotatable bonds is 7. The molecule has 0 fully saturated rings. The Bertz CT molecular complexity index is 2700. The Morgan fingerprint density at radius 1 is 0.483 bits per heavy atom. The summed E-state index contributed by atoms with van der Waals surface area (Å²) in [5.41, 5.74) is 0.614. The fourth-order valence-corrected chi connectivity index (χ4v) is 10.2. The van der Waals surface area contributed by atoms with Crippen molar-refractivity contribution in [2.24, 2.45) is 0 Å². The molecular formula is C46H30Cl4O10. The van der Waals surface area contributed by atoms with Crippen molar-refractivity contribution in [3.8, 4) is 46.0 Å². The number of unbranched alkanes of at least 4 members (excludes halogenated alkanes) is 3. The molecule has 2 atom stereocenters. The summed E-state index contributed by atoms with van der Waals surface area (Å²) < 4.78 is 25.2. The zero-order valence-corrected chi connectivity index (χ0v) is 34.1. The van der Waals surface area contributed by atoms with Gasteiger partial charge in [-0.3, -0.25) is 0 Å². The fourth-order valence-electron chi connectivity index (χ4n) is 9.15. The van der Waals surface area contributed by atoms with Crippen LogP contribution in [0.1, 0.15) is 90.9 Å². The average Bonchev–Trinajstić information content (AvgIpc) is 3.69. The van der Waals surface area contributed by atoms with E-state index in [1.54, 1.807) is 60.7 Å². The van der Waals surface area contributed by atoms with E-state index < -0.39 is 23.1 Å². The molecule has 0 aromatic heterocycles. The predicted molar refractivity (Wildman–Crippen MR) is 222 cm³/mol. The molecule has 0 bridgehead atoms. The number of hydrogen-bond donors (Lipinski definition) is 4. The maximum atomic E-state index is 13.4. The minimum Gasteiger partial charge on any atom is -0.508 e. The molecule has 4 aliphatic rings. The van der Waals surface area contributed by atoms with Crippen molar-refractivity contribution in [2.75, 3.05) is 0 Å². The largest absolute Gasteiger partial charge is 0.508 e. The fraction of sp³-hybridized carbons (Fsp3) is 0.174. The molecule has 6 aromatic carbocycles. The van der Waals surface area contributed by atoms with Gasteiger partial charge < -0.3 is 39.4 Å². The Hall–Kier alpha value is -5.78. The van der Waals surface area contributed by atoms with E-state index in [4.69, 9.17) is 65.4 Å². The monoisotopic (exact) mass is 882 g/mol. The van der Waals surface area contributed by atoms with E-state index in [9.17, 15) is 30.0 Å². The third-order valence-electron chi connectivity index (χ3n) is 11.8. The van der Waals surface area contributed by atoms with Crippen molar-refractivity contribution in [3.05, 3.63) is 161 Å². The molecule has 6 aromatic rings. The van der Waals surface area contributed by atoms with E-state index >= 15 is 0 Å². The van der Waals surface area contributed by atoms with Crippen molar-refractivity contribution in [1.82, 2.24) is 0 Å². The van der Waals surface area contributed by atoms with E-state index in [2.05, 4.69) is 0 Å². The lowest BCUT2D eigenvalue weighted by molar-refractivity contribution is 0.0213. The molecule has 0 saturated carbocycles. The van der Waals surface area contributed by atoms with Gasteiger partial charge in [-0.05, 0) is 62.1 Å². The van der Waals surface area contributed by atoms with Crippen LogP contribution in [0.2, 0.25) is 20.1 Å². The van der Waals surface area contributed by atoms with Gasteiger partial charge in [-0.15, -0.1) is 0 Å². The van der Waals surface area contributed by atoms with Crippen LogP contribution in [0.3, 0.4) is 0 Å². The predicted octanol–water partition coefficient (Wildman–Crippen LogP) is 11.6. The number of ether oxygens (including phenoxy) is 4. The van der Waals surface area contributed by atoms with Crippen LogP contribution in [0.4, 0.5) is 0 Å². The Labute approximate surface area is 362 Å². The van der Waals surface area contributed by atoms with Gasteiger partial charge in [0.05, 0.1) is 32.3 Å². The van der Waals surface area contributed by atoms with Crippen molar-refractivity contribution in [2.45, 2.75) is 49.7 Å². The number of phenols is 4. The molecule has 10 nitrogen and oxygen atoms in total. The highest BCUT2D eigenvalue weighted by Crippen LogP contribution is 2.64. The van der Waals surface area contributed by atoms with Gasteiger partial charge in [0.2, 0.25) is 0 Å². The second-order valence-electron chi connectivity index (χ2n) is 15.0. The molecule has 4 heterocycles. The smallest absolute Gasteiger partial charge is 0.340 e. The summed E-state index contributed by atoms with van der Waals surface area (Å²) in [6.45, 7) is 0. The minimum atomic E-state index is -1.58. The van der Waals surface area contributed by atoms with Crippen LogP contribution in [0.25, 0.3) is 0 Å². The number of phenolic OH excluding ortho intramolecular Hbond substituents is 4. The quantitative estimate of drug-likeness (QED) is 0.0900. The second-order valence-corrected chi connectivity index (χ2v) is 16.5. The first-order valence-electron chi connectivity index (χ1n) is 19.0. The Morgan fingerprint density at radius 2 is 0.883 bits per heavy atom. The van der Waals surface area contributed by atoms with Crippen LogP contribution in [0.5, 0.6) is 46.0 Å². The lowest BCUT2D eigenvalue weighted by atomic mass is 9.76. The Kier molecular flexibility index (Phi) is 8.89. The number of benzene rings is 6. The van der Waals surface area contributed by atoms with E-state index in [1.807, 2.05) is 0 Å². The number of esters is 2. The highest BCUT2D eigenvalue weighted by atomic mass is 35.5. The van der Waals surface area contributed by atoms with Crippen LogP contribution in [-0.4, -0.2) is 32.4 Å². The molecule has 2 spiro atoms. The number of carbonyl (C=O) groups is 2. The summed E-state index contributed by atoms with van der Waals surface area (Å²) in [4.78, 5) is 26.7. The molecule has 0 amide bonds. The van der Waals surface area contributed by atoms with Gasteiger partial charge in [0, 0.05) is 45.5 Å². The summed E-state index contributed by atoms with van der Waals surface area (Å²) in [7, 11) is 0. The maximum Gasteiger partial charge on any atom is 0.340 e. The van der Waals surface area contributed by atoms with Crippen LogP contribution in [0.15, 0.2) is 84.9 Å². The Morgan fingerprint density at radius 3 is 1.30 bits per heavy atom. The number of aromatic hydroxyl groups is 4. The van der Waals surface area contributed by atoms with Gasteiger partial charge >= 0.3 is 11.9 Å². The van der Waals surface area contributed by atoms with Gasteiger partial charge in [-0.1, -0.05) is 95.6 Å². The maximum absolute atomic E-state index is 13.4. The summed E-state index contributed by atoms with van der Waals surface area (Å²) in [6, 6.07) is 22.8. The van der Waals surface area contributed by atoms with Gasteiger partial charge in [-0.2, -0.15) is 0 Å². The van der Waals surface area contributed by atoms with Crippen LogP contribution in [-0.2, 0) is 33.5 Å². The van der Waals surface area contributed by atoms with E-state index in [-0.39, 0.29) is 90.1 Å². The SMILES string of the molecule is O=C1OC2(c3ccc(O)cc3Oc3c(CCCCCCc4c(O)c(Cl)c(Cl)c5c4Oc4cc(O)ccc4C54OC(=O)c5ccccc54)c(O)c(Cl)c(Cl)c32)c2ccccc21. The third kappa shape index (κ3) is 5.27. The zero-order valence-electron chi connectivity index (χ0n) is 31.1. The highest BCUT2D eigenvalue weighted by molar-refractivity contribution is 6.44. The number of carbonyl (C=O) groups excluding carboxylic acids is 2. The first-order valence-corrected chi connectivity index (χ1v) is 20.5. The normalized spacial score (nSPS) is 18.7. The first kappa shape index (κ1) is 38.4. The lowest BCUT2D eigenvalue weighted by Crippen LogP contribution is -2.34. The molecule has 4 aliphatic heterocycles. The Balaban J connectivity index is 0.954. The van der Waals surface area contributed by atoms with Crippen LogP contribution >= 0.6 is 46.4 Å². The molecule has 0 radical (unpaired) electrons. The minimum absolute atomic E-state index is 0.0430. The molecule has 14 heteroatoms. The van der Waals surface area contributed by atoms with Gasteiger partial charge in [0.25, 0.3) is 0 Å². The number of hydrogen-bond acceptors (Lipinski definition) is 10. The molecule has 4 N–H and O–H groups in total. The zero-order chi connectivity index (χ0) is 41.8. The molecule has 10 rings (SSSR count). The molecule has 60 heavy (non-hydrogen) atoms. The second kappa shape index (κ2) is 13.9. The highest BCUT2D eigenvalue weighted by Gasteiger charge is 2.57. The summed E-state index contributed by atoms with van der Waals surface area (Å²) in [5, 5.41) is 43.5. The van der Waals surface area contributed by atoms with Crippen molar-refractivity contribution in [3.63, 3.8) is 0 Å². The molecular weight excluding hydrogens is 854 g/mol. The standard InChI is InChI=1S/C46H30Cl4O10/c47-35-33-41(57-31-19-21(51)15-17-29(31)45(33)27-13-7-5-9-23(27)43(55)59-45)25(39(53)37(35)49)11-3-1-2-4-12-26-40(54)38(50)36(48)34-42(26)58-32-20-22(52)16-18-30(32)46(34)28-14-8-6-10-24(28)44(56)60-46/h5-10,13-20,51-54H,1-4,11-12H2. The first-order chi connectivity index (χ1) is 28.9. The van der Waals surface area contributed by atoms with Crippen molar-refractivity contribution >= 4 is 58.3 Å². The number of fused-ring (bicyclic) bond motifs is 12. The lowest BCUT2D eigenvalue weighted by Gasteiger charge is -2.38. The van der Waals surface area contributed by atoms with Crippen molar-refractivity contribution < 1.29 is 49.0 Å². The van der Waals surface area contributed by atoms with Gasteiger partial charge in [-0.25, -0.2) is 9.59 Å². The molecule has 0 saturated heterocycles. The van der Waals surface area contributed by atoms with Crippen LogP contribution in [0, 0.1) is 0 Å². The topological polar surface area (TPSA) is 152 Å². The third-order valence-corrected chi connectivity index (χ3v) is 13.5. The average molecular weight is 885 g/mol. The van der Waals surface area contributed by atoms with E-state index in [1.165, 1.54) is 24.3 Å². The molecule has 0 aliphatic carbocycles. The summed E-state index contributed by atoms with van der Waals surface area (Å²) in [6.07, 6.45) is 2.87. The van der Waals surface area contributed by atoms with Crippen molar-refractivity contribution in [1.29, 1.82) is 0 Å². The van der Waals surface area contributed by atoms with E-state index in [0.717, 1.165) is 0 Å². The molecule has 2 unspecified atom stereocenters. The van der Waals surface area contributed by atoms with Gasteiger partial charge in [0.15, 0.2) is 11.2 Å². The summed E-state index contributed by atoms with van der Waals surface area (Å²) in [5.74, 6) is -1.11.